The van der Waals surface area contributed by atoms with Crippen LogP contribution in [0.4, 0.5) is 20.7 Å². The summed E-state index contributed by atoms with van der Waals surface area (Å²) in [7, 11) is 1.34. The number of nitrogens with zero attached hydrogens (tertiary/aromatic N) is 3. The monoisotopic (exact) mass is 446 g/mol. The van der Waals surface area contributed by atoms with Gasteiger partial charge in [-0.15, -0.1) is 0 Å². The van der Waals surface area contributed by atoms with E-state index < -0.39 is 11.9 Å². The van der Waals surface area contributed by atoms with Crippen molar-refractivity contribution in [2.24, 2.45) is 17.8 Å². The lowest BCUT2D eigenvalue weighted by Gasteiger charge is -2.48. The Balaban J connectivity index is 1.54. The minimum Gasteiger partial charge on any atom is -0.452 e. The number of methoxy groups -OCH3 is 1. The lowest BCUT2D eigenvalue weighted by Crippen LogP contribution is -2.47. The Bertz CT molecular complexity index is 1440. The van der Waals surface area contributed by atoms with Gasteiger partial charge in [-0.1, -0.05) is 6.07 Å². The molecule has 4 aromatic rings. The van der Waals surface area contributed by atoms with Gasteiger partial charge in [0.15, 0.2) is 5.82 Å². The molecule has 5 atom stereocenters. The van der Waals surface area contributed by atoms with Crippen LogP contribution < -0.4 is 10.6 Å². The van der Waals surface area contributed by atoms with Crippen LogP contribution in [0.2, 0.25) is 0 Å². The number of nitrogens with one attached hydrogen (secondary N) is 2. The van der Waals surface area contributed by atoms with E-state index in [1.165, 1.54) is 18.1 Å². The van der Waals surface area contributed by atoms with Gasteiger partial charge < -0.3 is 10.5 Å². The molecule has 3 aliphatic rings. The molecule has 2 fully saturated rings. The molecule has 168 valence electrons. The molecular formula is C24H23FN6O2. The average Bonchev–Trinajstić information content (AvgIpc) is 3.62. The second-order valence-corrected chi connectivity index (χ2v) is 9.59. The maximum Gasteiger partial charge on any atom is 0.414 e. The van der Waals surface area contributed by atoms with E-state index in [2.05, 4.69) is 20.4 Å². The van der Waals surface area contributed by atoms with Crippen LogP contribution in [-0.2, 0) is 4.74 Å². The highest BCUT2D eigenvalue weighted by Gasteiger charge is 2.58. The van der Waals surface area contributed by atoms with Crippen molar-refractivity contribution < 1.29 is 13.9 Å². The Morgan fingerprint density at radius 1 is 1.18 bits per heavy atom. The van der Waals surface area contributed by atoms with E-state index in [1.807, 2.05) is 18.2 Å². The summed E-state index contributed by atoms with van der Waals surface area (Å²) >= 11 is 0. The van der Waals surface area contributed by atoms with Crippen LogP contribution in [0.25, 0.3) is 21.8 Å². The molecule has 4 N–H and O–H groups in total. The van der Waals surface area contributed by atoms with Crippen LogP contribution >= 0.6 is 0 Å². The number of hydrogen-bond acceptors (Lipinski definition) is 5. The summed E-state index contributed by atoms with van der Waals surface area (Å²) in [6, 6.07) is 6.97. The van der Waals surface area contributed by atoms with Gasteiger partial charge in [0.1, 0.15) is 5.82 Å². The largest absolute Gasteiger partial charge is 0.452 e. The molecule has 9 heteroatoms. The number of ether oxygens (including phenoxy) is 1. The molecule has 8 nitrogen and oxygen atoms in total. The van der Waals surface area contributed by atoms with Gasteiger partial charge in [0, 0.05) is 16.8 Å². The molecule has 1 amide bonds. The highest BCUT2D eigenvalue weighted by molar-refractivity contribution is 5.98. The molecule has 33 heavy (non-hydrogen) atoms. The summed E-state index contributed by atoms with van der Waals surface area (Å²) in [4.78, 5) is 14.8. The Hall–Kier alpha value is -3.62. The topological polar surface area (TPSA) is 113 Å². The molecule has 1 aliphatic heterocycles. The van der Waals surface area contributed by atoms with E-state index in [0.717, 1.165) is 46.7 Å². The Kier molecular flexibility index (Phi) is 3.70. The van der Waals surface area contributed by atoms with Gasteiger partial charge >= 0.3 is 6.09 Å². The number of halogens is 1. The fourth-order valence-corrected chi connectivity index (χ4v) is 7.09. The molecule has 2 unspecified atom stereocenters. The van der Waals surface area contributed by atoms with E-state index in [-0.39, 0.29) is 17.9 Å². The third kappa shape index (κ3) is 2.37. The van der Waals surface area contributed by atoms with Gasteiger partial charge in [-0.3, -0.25) is 15.1 Å². The van der Waals surface area contributed by atoms with Gasteiger partial charge in [-0.25, -0.2) is 9.18 Å². The lowest BCUT2D eigenvalue weighted by atomic mass is 9.66. The van der Waals surface area contributed by atoms with Crippen molar-refractivity contribution in [2.75, 3.05) is 17.7 Å². The fourth-order valence-electron chi connectivity index (χ4n) is 7.09. The highest BCUT2D eigenvalue weighted by atomic mass is 19.1. The summed E-state index contributed by atoms with van der Waals surface area (Å²) in [5.41, 5.74) is 9.70. The molecule has 7 rings (SSSR count). The molecular weight excluding hydrogens is 423 g/mol. The quantitative estimate of drug-likeness (QED) is 0.395. The summed E-state index contributed by atoms with van der Waals surface area (Å²) in [5.74, 6) is 1.18. The predicted octanol–water partition coefficient (Wildman–Crippen LogP) is 4.62. The second-order valence-electron chi connectivity index (χ2n) is 9.59. The predicted molar refractivity (Wildman–Crippen MR) is 121 cm³/mol. The zero-order valence-corrected chi connectivity index (χ0v) is 18.0. The summed E-state index contributed by atoms with van der Waals surface area (Å²) < 4.78 is 21.0. The van der Waals surface area contributed by atoms with Gasteiger partial charge in [0.05, 0.1) is 36.1 Å². The average molecular weight is 446 g/mol. The smallest absolute Gasteiger partial charge is 0.414 e. The van der Waals surface area contributed by atoms with E-state index in [1.54, 1.807) is 6.20 Å². The first kappa shape index (κ1) is 18.9. The molecule has 2 aromatic carbocycles. The molecule has 2 saturated carbocycles. The van der Waals surface area contributed by atoms with Crippen molar-refractivity contribution in [1.29, 1.82) is 0 Å². The van der Waals surface area contributed by atoms with Gasteiger partial charge in [0.25, 0.3) is 0 Å². The lowest BCUT2D eigenvalue weighted by molar-refractivity contribution is 0.160. The zero-order valence-electron chi connectivity index (χ0n) is 18.0. The number of hydrogen-bond donors (Lipinski definition) is 3. The van der Waals surface area contributed by atoms with Crippen LogP contribution in [-0.4, -0.2) is 33.6 Å². The maximum atomic E-state index is 15.7. The van der Waals surface area contributed by atoms with Crippen LogP contribution in [0.15, 0.2) is 30.5 Å². The number of amides is 1. The minimum absolute atomic E-state index is 0.151. The van der Waals surface area contributed by atoms with Gasteiger partial charge in [0.2, 0.25) is 0 Å². The minimum atomic E-state index is -0.565. The molecule has 0 saturated heterocycles. The number of nitrogen functional groups attached to an aromatic ring is 1. The van der Waals surface area contributed by atoms with Crippen LogP contribution in [0.3, 0.4) is 0 Å². The summed E-state index contributed by atoms with van der Waals surface area (Å²) in [6.07, 6.45) is 4.52. The number of fused-ring (bicyclic) bond motifs is 10. The fraction of sp³-hybridized carbons (Fsp3) is 0.375. The van der Waals surface area contributed by atoms with E-state index >= 15 is 4.39 Å². The second kappa shape index (κ2) is 6.46. The maximum absolute atomic E-state index is 15.7. The van der Waals surface area contributed by atoms with Crippen molar-refractivity contribution in [3.8, 4) is 0 Å². The third-order valence-corrected chi connectivity index (χ3v) is 8.24. The number of H-pyrrole nitrogens is 2. The van der Waals surface area contributed by atoms with Crippen molar-refractivity contribution in [2.45, 2.75) is 31.2 Å². The van der Waals surface area contributed by atoms with Crippen LogP contribution in [0, 0.1) is 23.6 Å². The number of nitrogens with two attached hydrogens (primary N) is 1. The summed E-state index contributed by atoms with van der Waals surface area (Å²) in [5, 5.41) is 15.8. The van der Waals surface area contributed by atoms with Gasteiger partial charge in [-0.2, -0.15) is 10.2 Å². The van der Waals surface area contributed by atoms with E-state index in [9.17, 15) is 4.79 Å². The number of carbonyl (C=O) groups excluding carboxylic acids is 1. The first-order valence-electron chi connectivity index (χ1n) is 11.3. The van der Waals surface area contributed by atoms with Crippen molar-refractivity contribution >= 4 is 39.4 Å². The molecule has 3 heterocycles. The van der Waals surface area contributed by atoms with Crippen molar-refractivity contribution in [1.82, 2.24) is 20.4 Å². The zero-order chi connectivity index (χ0) is 22.4. The highest BCUT2D eigenvalue weighted by Crippen LogP contribution is 2.66. The number of rotatable bonds is 1. The van der Waals surface area contributed by atoms with Crippen molar-refractivity contribution in [3.05, 3.63) is 47.4 Å². The third-order valence-electron chi connectivity index (χ3n) is 8.24. The van der Waals surface area contributed by atoms with Crippen LogP contribution in [0.5, 0.6) is 0 Å². The number of carbonyl (C=O) groups is 1. The number of aromatic nitrogens is 4. The number of anilines is 2. The van der Waals surface area contributed by atoms with Gasteiger partial charge in [-0.05, 0) is 66.2 Å². The Labute approximate surface area is 188 Å². The van der Waals surface area contributed by atoms with Crippen LogP contribution in [0.1, 0.15) is 42.3 Å². The molecule has 0 spiro atoms. The van der Waals surface area contributed by atoms with Crippen molar-refractivity contribution in [3.63, 3.8) is 0 Å². The first-order chi connectivity index (χ1) is 16.1. The first-order valence-corrected chi connectivity index (χ1v) is 11.3. The molecule has 2 aliphatic carbocycles. The van der Waals surface area contributed by atoms with E-state index in [0.29, 0.717) is 28.9 Å². The normalized spacial score (nSPS) is 27.8. The standard InChI is InChI=1S/C24H23FN6O2/c1-33-24(32)31-21(12-4-5-16-13(7-12)23(26)30-29-16)19-11-3-2-10(6-11)18(19)20-14-9-27-28-17(14)8-15(25)22(20)31/h4-5,7-11,18-19,21H,2-3,6H2,1H3,(H,27,28)(H3,26,29,30)/t10?,11?,18-,19+,21-/m0/s1. The molecule has 2 aromatic heterocycles. The molecule has 2 bridgehead atoms. The number of aromatic amines is 2. The van der Waals surface area contributed by atoms with E-state index in [4.69, 9.17) is 10.5 Å². The summed E-state index contributed by atoms with van der Waals surface area (Å²) in [6.45, 7) is 0. The number of benzene rings is 2. The SMILES string of the molecule is COC(=O)N1c2c(F)cc3[nH]ncc3c2[C@H]2C3CCC(C3)[C@H]2[C@@H]1c1ccc2[nH]nc(N)c2c1. The Morgan fingerprint density at radius 2 is 2.03 bits per heavy atom. The molecule has 0 radical (unpaired) electrons. The Morgan fingerprint density at radius 3 is 2.88 bits per heavy atom.